The van der Waals surface area contributed by atoms with Gasteiger partial charge >= 0.3 is 6.03 Å². The number of amides is 4. The Hall–Kier alpha value is -2.83. The molecule has 0 aliphatic carbocycles. The third-order valence-electron chi connectivity index (χ3n) is 4.24. The fraction of sp³-hybridized carbons (Fsp3) is 0.150. The lowest BCUT2D eigenvalue weighted by Crippen LogP contribution is -2.52. The third kappa shape index (κ3) is 4.03. The minimum atomic E-state index is -0.656. The van der Waals surface area contributed by atoms with E-state index in [0.717, 1.165) is 15.4 Å². The second-order valence-electron chi connectivity index (χ2n) is 6.16. The van der Waals surface area contributed by atoms with E-state index in [4.69, 9.17) is 27.9 Å². The highest BCUT2D eigenvalue weighted by atomic mass is 35.5. The molecular formula is C20H16Cl2N2O4. The minimum absolute atomic E-state index is 0.0776. The van der Waals surface area contributed by atoms with Crippen molar-refractivity contribution >= 4 is 47.1 Å². The number of rotatable bonds is 4. The summed E-state index contributed by atoms with van der Waals surface area (Å²) in [6.07, 6.45) is 1.45. The summed E-state index contributed by atoms with van der Waals surface area (Å²) in [6, 6.07) is 11.4. The highest BCUT2D eigenvalue weighted by Crippen LogP contribution is 2.24. The van der Waals surface area contributed by atoms with Gasteiger partial charge in [-0.3, -0.25) is 19.4 Å². The van der Waals surface area contributed by atoms with Crippen LogP contribution in [0.25, 0.3) is 6.08 Å². The van der Waals surface area contributed by atoms with Crippen molar-refractivity contribution in [1.82, 2.24) is 9.80 Å². The van der Waals surface area contributed by atoms with Crippen LogP contribution in [0.1, 0.15) is 11.1 Å². The molecule has 0 bridgehead atoms. The van der Waals surface area contributed by atoms with Gasteiger partial charge in [0, 0.05) is 29.7 Å². The van der Waals surface area contributed by atoms with E-state index in [9.17, 15) is 14.4 Å². The molecule has 2 aromatic carbocycles. The van der Waals surface area contributed by atoms with Crippen LogP contribution in [-0.2, 0) is 16.2 Å². The van der Waals surface area contributed by atoms with Gasteiger partial charge in [-0.1, -0.05) is 41.4 Å². The molecule has 28 heavy (non-hydrogen) atoms. The molecule has 1 aliphatic heterocycles. The fourth-order valence-corrected chi connectivity index (χ4v) is 3.06. The second kappa shape index (κ2) is 8.04. The number of nitrogens with zero attached hydrogens (tertiary/aromatic N) is 2. The van der Waals surface area contributed by atoms with Crippen LogP contribution in [-0.4, -0.2) is 41.7 Å². The van der Waals surface area contributed by atoms with Gasteiger partial charge in [0.25, 0.3) is 11.8 Å². The normalized spacial score (nSPS) is 14.6. The molecule has 0 spiro atoms. The number of barbiturate groups is 1. The van der Waals surface area contributed by atoms with Crippen LogP contribution < -0.4 is 4.74 Å². The van der Waals surface area contributed by atoms with E-state index >= 15 is 0 Å². The van der Waals surface area contributed by atoms with Crippen molar-refractivity contribution < 1.29 is 19.1 Å². The Morgan fingerprint density at radius 2 is 1.54 bits per heavy atom. The summed E-state index contributed by atoms with van der Waals surface area (Å²) >= 11 is 12.0. The number of halogens is 2. The highest BCUT2D eigenvalue weighted by Gasteiger charge is 2.37. The summed E-state index contributed by atoms with van der Waals surface area (Å²) in [5, 5.41) is 1.07. The maximum atomic E-state index is 12.2. The Morgan fingerprint density at radius 3 is 2.11 bits per heavy atom. The molecule has 0 N–H and O–H groups in total. The number of hydrogen-bond acceptors (Lipinski definition) is 4. The maximum absolute atomic E-state index is 12.2. The molecule has 4 amide bonds. The van der Waals surface area contributed by atoms with E-state index in [1.165, 1.54) is 20.2 Å². The van der Waals surface area contributed by atoms with Gasteiger partial charge in [0.15, 0.2) is 0 Å². The van der Waals surface area contributed by atoms with Gasteiger partial charge in [-0.2, -0.15) is 0 Å². The molecule has 0 atom stereocenters. The van der Waals surface area contributed by atoms with E-state index in [1.54, 1.807) is 42.5 Å². The van der Waals surface area contributed by atoms with E-state index < -0.39 is 17.8 Å². The molecule has 0 unspecified atom stereocenters. The van der Waals surface area contributed by atoms with Crippen molar-refractivity contribution in [3.8, 4) is 5.75 Å². The van der Waals surface area contributed by atoms with Crippen LogP contribution in [0.5, 0.6) is 5.75 Å². The summed E-state index contributed by atoms with van der Waals surface area (Å²) in [5.74, 6) is -0.671. The molecule has 1 heterocycles. The van der Waals surface area contributed by atoms with Gasteiger partial charge in [0.05, 0.1) is 0 Å². The summed E-state index contributed by atoms with van der Waals surface area (Å²) in [7, 11) is 2.67. The first-order valence-electron chi connectivity index (χ1n) is 8.26. The van der Waals surface area contributed by atoms with Crippen molar-refractivity contribution in [1.29, 1.82) is 0 Å². The Labute approximate surface area is 171 Å². The summed E-state index contributed by atoms with van der Waals surface area (Å²) in [5.41, 5.74) is 1.35. The van der Waals surface area contributed by atoms with Gasteiger partial charge < -0.3 is 4.74 Å². The largest absolute Gasteiger partial charge is 0.489 e. The fourth-order valence-electron chi connectivity index (χ4n) is 2.60. The topological polar surface area (TPSA) is 66.9 Å². The monoisotopic (exact) mass is 418 g/mol. The first-order chi connectivity index (χ1) is 13.3. The molecule has 0 radical (unpaired) electrons. The molecule has 2 aromatic rings. The van der Waals surface area contributed by atoms with Crippen molar-refractivity contribution in [2.75, 3.05) is 14.1 Å². The Morgan fingerprint density at radius 1 is 0.929 bits per heavy atom. The molecule has 0 aromatic heterocycles. The lowest BCUT2D eigenvalue weighted by molar-refractivity contribution is -0.134. The zero-order valence-corrected chi connectivity index (χ0v) is 16.6. The summed E-state index contributed by atoms with van der Waals surface area (Å²) in [4.78, 5) is 38.0. The van der Waals surface area contributed by atoms with Crippen molar-refractivity contribution in [3.63, 3.8) is 0 Å². The van der Waals surface area contributed by atoms with Crippen molar-refractivity contribution in [3.05, 3.63) is 69.2 Å². The smallest absolute Gasteiger partial charge is 0.333 e. The average molecular weight is 419 g/mol. The number of ether oxygens (including phenoxy) is 1. The molecular weight excluding hydrogens is 403 g/mol. The van der Waals surface area contributed by atoms with Gasteiger partial charge in [-0.15, -0.1) is 0 Å². The van der Waals surface area contributed by atoms with Crippen LogP contribution in [0.2, 0.25) is 10.0 Å². The number of carbonyl (C=O) groups is 3. The van der Waals surface area contributed by atoms with E-state index in [1.807, 2.05) is 0 Å². The predicted octanol–water partition coefficient (Wildman–Crippen LogP) is 4.01. The summed E-state index contributed by atoms with van der Waals surface area (Å²) in [6.45, 7) is 0.269. The Kier molecular flexibility index (Phi) is 5.72. The number of hydrogen-bond donors (Lipinski definition) is 0. The molecule has 1 fully saturated rings. The standard InChI is InChI=1S/C20H16Cl2N2O4/c1-23-18(25)16(19(26)24(2)20(23)27)9-12-3-7-15(8-4-12)28-11-13-5-6-14(21)10-17(13)22/h3-10H,11H2,1-2H3. The van der Waals surface area contributed by atoms with Crippen molar-refractivity contribution in [2.24, 2.45) is 0 Å². The first-order valence-corrected chi connectivity index (χ1v) is 9.02. The number of carbonyl (C=O) groups excluding carboxylic acids is 3. The quantitative estimate of drug-likeness (QED) is 0.555. The van der Waals surface area contributed by atoms with Crippen LogP contribution in [0.3, 0.4) is 0 Å². The molecule has 3 rings (SSSR count). The number of benzene rings is 2. The molecule has 1 saturated heterocycles. The lowest BCUT2D eigenvalue weighted by Gasteiger charge is -2.28. The van der Waals surface area contributed by atoms with Crippen LogP contribution in [0.4, 0.5) is 4.79 Å². The third-order valence-corrected chi connectivity index (χ3v) is 4.83. The molecule has 144 valence electrons. The van der Waals surface area contributed by atoms with Gasteiger partial charge in [-0.05, 0) is 35.9 Å². The number of urea groups is 1. The van der Waals surface area contributed by atoms with Crippen LogP contribution in [0, 0.1) is 0 Å². The van der Waals surface area contributed by atoms with Crippen LogP contribution >= 0.6 is 23.2 Å². The average Bonchev–Trinajstić information content (AvgIpc) is 2.68. The number of likely N-dealkylation sites (N-methyl/N-ethyl adjacent to an activating group) is 2. The predicted molar refractivity (Wildman–Crippen MR) is 106 cm³/mol. The molecule has 0 saturated carbocycles. The van der Waals surface area contributed by atoms with E-state index in [-0.39, 0.29) is 12.2 Å². The second-order valence-corrected chi connectivity index (χ2v) is 7.01. The van der Waals surface area contributed by atoms with Gasteiger partial charge in [0.1, 0.15) is 17.9 Å². The first kappa shape index (κ1) is 19.9. The summed E-state index contributed by atoms with van der Waals surface area (Å²) < 4.78 is 5.70. The van der Waals surface area contributed by atoms with Crippen molar-refractivity contribution in [2.45, 2.75) is 6.61 Å². The zero-order valence-electron chi connectivity index (χ0n) is 15.1. The molecule has 1 aliphatic rings. The Bertz CT molecular complexity index is 960. The highest BCUT2D eigenvalue weighted by molar-refractivity contribution is 6.35. The SMILES string of the molecule is CN1C(=O)C(=Cc2ccc(OCc3ccc(Cl)cc3Cl)cc2)C(=O)N(C)C1=O. The molecule has 8 heteroatoms. The lowest BCUT2D eigenvalue weighted by atomic mass is 10.1. The van der Waals surface area contributed by atoms with Gasteiger partial charge in [-0.25, -0.2) is 4.79 Å². The van der Waals surface area contributed by atoms with Gasteiger partial charge in [0.2, 0.25) is 0 Å². The van der Waals surface area contributed by atoms with E-state index in [0.29, 0.717) is 21.4 Å². The maximum Gasteiger partial charge on any atom is 0.333 e. The minimum Gasteiger partial charge on any atom is -0.489 e. The van der Waals surface area contributed by atoms with E-state index in [2.05, 4.69) is 0 Å². The van der Waals surface area contributed by atoms with Crippen LogP contribution in [0.15, 0.2) is 48.0 Å². The molecule has 6 nitrogen and oxygen atoms in total. The number of imide groups is 2. The zero-order chi connectivity index (χ0) is 20.4. The Balaban J connectivity index is 1.73.